The van der Waals surface area contributed by atoms with Crippen LogP contribution in [0.15, 0.2) is 506 Å². The highest BCUT2D eigenvalue weighted by molar-refractivity contribution is 6.27. The zero-order valence-electron chi connectivity index (χ0n) is 70.9. The molecule has 25 rings (SSSR count). The molecule has 0 amide bonds. The molecule has 0 aliphatic heterocycles. The second-order valence-electron chi connectivity index (χ2n) is 33.4. The summed E-state index contributed by atoms with van der Waals surface area (Å²) < 4.78 is 12.3. The topological polar surface area (TPSA) is 39.2 Å². The molecule has 0 radical (unpaired) electrons. The van der Waals surface area contributed by atoms with Crippen molar-refractivity contribution in [3.05, 3.63) is 497 Å². The summed E-state index contributed by atoms with van der Waals surface area (Å²) in [4.78, 5) is 9.41. The van der Waals surface area contributed by atoms with Crippen molar-refractivity contribution in [2.24, 2.45) is 0 Å². The molecule has 130 heavy (non-hydrogen) atoms. The second kappa shape index (κ2) is 32.7. The van der Waals surface area contributed by atoms with E-state index in [4.69, 9.17) is 8.83 Å². The van der Waals surface area contributed by atoms with Crippen molar-refractivity contribution in [3.63, 3.8) is 0 Å². The first kappa shape index (κ1) is 76.3. The van der Waals surface area contributed by atoms with Crippen LogP contribution in [0.5, 0.6) is 0 Å². The Hall–Kier alpha value is -17.3. The van der Waals surface area contributed by atoms with Gasteiger partial charge in [0.15, 0.2) is 0 Å². The minimum Gasteiger partial charge on any atom is -0.456 e. The Kier molecular flexibility index (Phi) is 19.2. The lowest BCUT2D eigenvalue weighted by molar-refractivity contribution is 0.668. The lowest BCUT2D eigenvalue weighted by atomic mass is 9.94. The monoisotopic (exact) mass is 1660 g/mol. The maximum atomic E-state index is 6.16. The zero-order valence-corrected chi connectivity index (χ0v) is 70.9. The van der Waals surface area contributed by atoms with Crippen LogP contribution in [-0.4, -0.2) is 0 Å². The van der Waals surface area contributed by atoms with E-state index in [1.165, 1.54) is 75.4 Å². The smallest absolute Gasteiger partial charge is 0.135 e. The van der Waals surface area contributed by atoms with Gasteiger partial charge in [0.05, 0.1) is 5.69 Å². The first-order chi connectivity index (χ1) is 64.4. The number of rotatable bonds is 16. The third-order valence-electron chi connectivity index (χ3n) is 25.9. The minimum absolute atomic E-state index is 0.902. The summed E-state index contributed by atoms with van der Waals surface area (Å²) >= 11 is 0. The highest BCUT2D eigenvalue weighted by Crippen LogP contribution is 2.48. The Balaban J connectivity index is 0.000000144. The molecule has 2 heterocycles. The Bertz CT molecular complexity index is 8460. The number of furan rings is 2. The summed E-state index contributed by atoms with van der Waals surface area (Å²) in [5, 5.41) is 22.0. The summed E-state index contributed by atoms with van der Waals surface area (Å²) in [7, 11) is 0. The van der Waals surface area contributed by atoms with Crippen molar-refractivity contribution in [3.8, 4) is 44.5 Å². The van der Waals surface area contributed by atoms with E-state index in [1.807, 2.05) is 24.3 Å². The average molecular weight is 1660 g/mol. The highest BCUT2D eigenvalue weighted by Gasteiger charge is 2.23. The van der Waals surface area contributed by atoms with E-state index < -0.39 is 0 Å². The molecule has 0 bridgehead atoms. The second-order valence-corrected chi connectivity index (χ2v) is 33.4. The lowest BCUT2D eigenvalue weighted by Crippen LogP contribution is -2.10. The molecule has 0 N–H and O–H groups in total. The van der Waals surface area contributed by atoms with Gasteiger partial charge in [0, 0.05) is 89.5 Å². The van der Waals surface area contributed by atoms with Gasteiger partial charge in [0.2, 0.25) is 0 Å². The number of fused-ring (bicyclic) bond motifs is 19. The Morgan fingerprint density at radius 1 is 0.115 bits per heavy atom. The number of hydrogen-bond acceptors (Lipinski definition) is 6. The van der Waals surface area contributed by atoms with E-state index in [2.05, 4.69) is 493 Å². The van der Waals surface area contributed by atoms with Gasteiger partial charge in [0.25, 0.3) is 0 Å². The normalized spacial score (nSPS) is 11.5. The van der Waals surface area contributed by atoms with Crippen molar-refractivity contribution < 1.29 is 8.83 Å². The molecule has 2 aromatic heterocycles. The third-order valence-corrected chi connectivity index (χ3v) is 25.9. The fraction of sp³-hybridized carbons (Fsp3) is 0. The summed E-state index contributed by atoms with van der Waals surface area (Å²) in [5.41, 5.74) is 26.1. The quantitative estimate of drug-likeness (QED) is 0.0898. The molecule has 0 spiro atoms. The Morgan fingerprint density at radius 2 is 0.338 bits per heavy atom. The van der Waals surface area contributed by atoms with Gasteiger partial charge in [-0.25, -0.2) is 0 Å². The predicted octanol–water partition coefficient (Wildman–Crippen LogP) is 35.8. The van der Waals surface area contributed by atoms with Crippen LogP contribution in [0.3, 0.4) is 0 Å². The summed E-state index contributed by atoms with van der Waals surface area (Å²) in [6, 6.07) is 179. The van der Waals surface area contributed by atoms with Crippen molar-refractivity contribution in [1.82, 2.24) is 0 Å². The van der Waals surface area contributed by atoms with Crippen LogP contribution < -0.4 is 19.6 Å². The minimum atomic E-state index is 0.902. The molecule has 25 aromatic rings. The largest absolute Gasteiger partial charge is 0.456 e. The standard InChI is InChI=1S/C64H42N2O.C60H40N2O/c1-2-15-48(16-3-1)66(62-23-12-14-46-13-4-5-17-53(46)62)51-36-27-44(28-37-51)43-25-32-49(33-26-43)65(52-38-39-58-56-20-7-6-18-54(56)55-19-8-9-21-57(55)60(58)42-52)50-34-29-45(30-35-50)47-31-40-64-61(41-47)59-22-10-11-24-63(59)67-64;1-3-13-45(14-4-1)61(46-15-5-2-6-16-46)47-30-23-41(24-31-47)42-25-32-48(33-26-42)62(50-36-37-55-53-19-8-7-17-51(53)52-18-9-10-20-54(52)57(55)40-50)49-34-27-43(28-35-49)44-29-38-60-58(39-44)56-21-11-12-22-59(56)63-60/h1-42H;1-40H. The lowest BCUT2D eigenvalue weighted by Gasteiger charge is -2.27. The number of nitrogens with zero attached hydrogens (tertiary/aromatic N) is 4. The van der Waals surface area contributed by atoms with Crippen molar-refractivity contribution in [2.45, 2.75) is 0 Å². The Morgan fingerprint density at radius 3 is 0.685 bits per heavy atom. The number of hydrogen-bond donors (Lipinski definition) is 0. The molecule has 0 aliphatic carbocycles. The van der Waals surface area contributed by atoms with Crippen molar-refractivity contribution in [1.29, 1.82) is 0 Å². The molecule has 6 heteroatoms. The van der Waals surface area contributed by atoms with Crippen molar-refractivity contribution in [2.75, 3.05) is 19.6 Å². The molecule has 610 valence electrons. The number of para-hydroxylation sites is 5. The van der Waals surface area contributed by atoms with Gasteiger partial charge in [-0.2, -0.15) is 0 Å². The van der Waals surface area contributed by atoms with E-state index in [0.717, 1.165) is 157 Å². The predicted molar refractivity (Wildman–Crippen MR) is 550 cm³/mol. The maximum Gasteiger partial charge on any atom is 0.135 e. The van der Waals surface area contributed by atoms with E-state index in [-0.39, 0.29) is 0 Å². The van der Waals surface area contributed by atoms with Gasteiger partial charge >= 0.3 is 0 Å². The summed E-state index contributed by atoms with van der Waals surface area (Å²) in [5.74, 6) is 0. The summed E-state index contributed by atoms with van der Waals surface area (Å²) in [6.07, 6.45) is 0. The molecule has 0 saturated carbocycles. The van der Waals surface area contributed by atoms with Gasteiger partial charge in [-0.3, -0.25) is 0 Å². The molecule has 0 fully saturated rings. The fourth-order valence-electron chi connectivity index (χ4n) is 19.6. The average Bonchev–Trinajstić information content (AvgIpc) is 0.936. The van der Waals surface area contributed by atoms with E-state index >= 15 is 0 Å². The van der Waals surface area contributed by atoms with Crippen LogP contribution in [-0.2, 0) is 0 Å². The molecule has 23 aromatic carbocycles. The van der Waals surface area contributed by atoms with Crippen molar-refractivity contribution >= 4 is 188 Å². The van der Waals surface area contributed by atoms with Crippen LogP contribution in [0.2, 0.25) is 0 Å². The maximum absolute atomic E-state index is 6.16. The van der Waals surface area contributed by atoms with Crippen LogP contribution in [0, 0.1) is 0 Å². The number of anilines is 12. The molecular weight excluding hydrogens is 1580 g/mol. The zero-order chi connectivity index (χ0) is 86.0. The van der Waals surface area contributed by atoms with E-state index in [1.54, 1.807) is 0 Å². The summed E-state index contributed by atoms with van der Waals surface area (Å²) in [6.45, 7) is 0. The highest BCUT2D eigenvalue weighted by atomic mass is 16.3. The van der Waals surface area contributed by atoms with Crippen LogP contribution in [0.25, 0.3) is 164 Å². The molecule has 6 nitrogen and oxygen atoms in total. The molecule has 0 atom stereocenters. The van der Waals surface area contributed by atoms with Crippen LogP contribution in [0.1, 0.15) is 0 Å². The molecular formula is C124H82N4O2. The SMILES string of the molecule is c1ccc(N(c2ccc(-c3ccc(N(c4ccc(-c5ccc6oc7ccccc7c6c5)cc4)c4ccc5c6ccccc6c6ccccc6c5c4)cc3)cc2)c2cccc3ccccc23)cc1.c1ccc(N(c2ccccc2)c2ccc(-c3ccc(N(c4ccc(-c5ccc6oc7ccccc7c6c5)cc4)c4ccc5c6ccccc6c6ccccc6c5c4)cc3)cc2)cc1. The van der Waals surface area contributed by atoms with E-state index in [9.17, 15) is 0 Å². The molecule has 0 saturated heterocycles. The van der Waals surface area contributed by atoms with Gasteiger partial charge in [-0.15, -0.1) is 0 Å². The third kappa shape index (κ3) is 13.9. The fourth-order valence-corrected chi connectivity index (χ4v) is 19.6. The van der Waals surface area contributed by atoms with Gasteiger partial charge in [-0.05, 0) is 290 Å². The molecule has 0 unspecified atom stereocenters. The Labute approximate surface area is 752 Å². The van der Waals surface area contributed by atoms with Gasteiger partial charge in [0.1, 0.15) is 22.3 Å². The number of benzene rings is 23. The molecule has 0 aliphatic rings. The van der Waals surface area contributed by atoms with Gasteiger partial charge < -0.3 is 28.4 Å². The van der Waals surface area contributed by atoms with Crippen LogP contribution >= 0.6 is 0 Å². The first-order valence-corrected chi connectivity index (χ1v) is 44.4. The van der Waals surface area contributed by atoms with E-state index in [0.29, 0.717) is 0 Å². The van der Waals surface area contributed by atoms with Gasteiger partial charge in [-0.1, -0.05) is 322 Å². The first-order valence-electron chi connectivity index (χ1n) is 44.4. The van der Waals surface area contributed by atoms with Crippen LogP contribution in [0.4, 0.5) is 68.2 Å².